The smallest absolute Gasteiger partial charge is 0.242 e. The molecule has 1 heterocycles. The summed E-state index contributed by atoms with van der Waals surface area (Å²) in [6.45, 7) is 0. The van der Waals surface area contributed by atoms with Gasteiger partial charge in [0, 0.05) is 12.3 Å². The SMILES string of the molecule is Nc1cccnc1Oc1ccc(Cl)c(F)c1. The summed E-state index contributed by atoms with van der Waals surface area (Å²) in [4.78, 5) is 3.92. The highest BCUT2D eigenvalue weighted by Crippen LogP contribution is 2.27. The van der Waals surface area contributed by atoms with Crippen LogP contribution in [0.5, 0.6) is 11.6 Å². The second kappa shape index (κ2) is 4.37. The number of nitrogens with two attached hydrogens (primary N) is 1. The first-order chi connectivity index (χ1) is 7.66. The van der Waals surface area contributed by atoms with Crippen molar-refractivity contribution in [3.8, 4) is 11.6 Å². The van der Waals surface area contributed by atoms with Gasteiger partial charge in [-0.3, -0.25) is 0 Å². The van der Waals surface area contributed by atoms with Gasteiger partial charge < -0.3 is 10.5 Å². The summed E-state index contributed by atoms with van der Waals surface area (Å²) in [5.74, 6) is -0.00908. The van der Waals surface area contributed by atoms with Gasteiger partial charge in [0.2, 0.25) is 5.88 Å². The summed E-state index contributed by atoms with van der Waals surface area (Å²) >= 11 is 5.54. The Hall–Kier alpha value is -1.81. The molecule has 2 N–H and O–H groups in total. The Morgan fingerprint density at radius 2 is 2.12 bits per heavy atom. The third-order valence-electron chi connectivity index (χ3n) is 1.91. The van der Waals surface area contributed by atoms with E-state index in [-0.39, 0.29) is 10.9 Å². The topological polar surface area (TPSA) is 48.1 Å². The van der Waals surface area contributed by atoms with Gasteiger partial charge >= 0.3 is 0 Å². The van der Waals surface area contributed by atoms with Crippen molar-refractivity contribution < 1.29 is 9.13 Å². The monoisotopic (exact) mass is 238 g/mol. The molecule has 0 amide bonds. The fourth-order valence-corrected chi connectivity index (χ4v) is 1.26. The number of nitrogen functional groups attached to an aromatic ring is 1. The normalized spacial score (nSPS) is 10.1. The van der Waals surface area contributed by atoms with Crippen molar-refractivity contribution in [3.05, 3.63) is 47.4 Å². The van der Waals surface area contributed by atoms with Gasteiger partial charge in [-0.15, -0.1) is 0 Å². The molecule has 0 fully saturated rings. The van der Waals surface area contributed by atoms with E-state index in [1.54, 1.807) is 18.2 Å². The summed E-state index contributed by atoms with van der Waals surface area (Å²) in [6.07, 6.45) is 1.54. The molecule has 0 spiro atoms. The van der Waals surface area contributed by atoms with E-state index in [2.05, 4.69) is 4.98 Å². The number of anilines is 1. The minimum absolute atomic E-state index is 0.0429. The van der Waals surface area contributed by atoms with Crippen LogP contribution in [0.3, 0.4) is 0 Å². The number of nitrogens with zero attached hydrogens (tertiary/aromatic N) is 1. The van der Waals surface area contributed by atoms with Gasteiger partial charge in [0.05, 0.1) is 10.7 Å². The Morgan fingerprint density at radius 1 is 1.31 bits per heavy atom. The highest BCUT2D eigenvalue weighted by atomic mass is 35.5. The average molecular weight is 239 g/mol. The maximum atomic E-state index is 13.1. The van der Waals surface area contributed by atoms with E-state index in [0.717, 1.165) is 0 Å². The van der Waals surface area contributed by atoms with Gasteiger partial charge in [-0.05, 0) is 24.3 Å². The van der Waals surface area contributed by atoms with E-state index in [1.165, 1.54) is 18.3 Å². The number of hydrogen-bond acceptors (Lipinski definition) is 3. The molecular weight excluding hydrogens is 231 g/mol. The van der Waals surface area contributed by atoms with Gasteiger partial charge in [-0.25, -0.2) is 9.37 Å². The van der Waals surface area contributed by atoms with Crippen molar-refractivity contribution in [2.24, 2.45) is 0 Å². The van der Waals surface area contributed by atoms with Crippen LogP contribution in [0, 0.1) is 5.82 Å². The van der Waals surface area contributed by atoms with Crippen molar-refractivity contribution in [1.29, 1.82) is 0 Å². The molecule has 0 aliphatic carbocycles. The molecule has 0 atom stereocenters. The molecule has 2 aromatic rings. The van der Waals surface area contributed by atoms with Crippen LogP contribution in [-0.4, -0.2) is 4.98 Å². The van der Waals surface area contributed by atoms with Crippen molar-refractivity contribution >= 4 is 17.3 Å². The van der Waals surface area contributed by atoms with E-state index in [4.69, 9.17) is 22.1 Å². The number of benzene rings is 1. The Bertz CT molecular complexity index is 519. The maximum Gasteiger partial charge on any atom is 0.242 e. The molecule has 0 bridgehead atoms. The Morgan fingerprint density at radius 3 is 2.81 bits per heavy atom. The van der Waals surface area contributed by atoms with Gasteiger partial charge in [-0.2, -0.15) is 0 Å². The Kier molecular flexibility index (Phi) is 2.92. The third-order valence-corrected chi connectivity index (χ3v) is 2.21. The number of hydrogen-bond donors (Lipinski definition) is 1. The van der Waals surface area contributed by atoms with Crippen LogP contribution in [0.4, 0.5) is 10.1 Å². The quantitative estimate of drug-likeness (QED) is 0.874. The van der Waals surface area contributed by atoms with Crippen LogP contribution in [0.1, 0.15) is 0 Å². The molecule has 1 aromatic carbocycles. The molecule has 1 aromatic heterocycles. The van der Waals surface area contributed by atoms with Crippen LogP contribution in [-0.2, 0) is 0 Å². The van der Waals surface area contributed by atoms with Crippen LogP contribution in [0.15, 0.2) is 36.5 Å². The van der Waals surface area contributed by atoms with Crippen molar-refractivity contribution in [2.45, 2.75) is 0 Å². The number of halogens is 2. The fraction of sp³-hybridized carbons (Fsp3) is 0. The standard InChI is InChI=1S/C11H8ClFN2O/c12-8-4-3-7(6-9(8)13)16-11-10(14)2-1-5-15-11/h1-6H,14H2. The fourth-order valence-electron chi connectivity index (χ4n) is 1.14. The molecule has 0 aliphatic rings. The lowest BCUT2D eigenvalue weighted by Gasteiger charge is -2.06. The molecule has 0 saturated carbocycles. The van der Waals surface area contributed by atoms with E-state index < -0.39 is 5.82 Å². The average Bonchev–Trinajstić information content (AvgIpc) is 2.27. The minimum Gasteiger partial charge on any atom is -0.437 e. The summed E-state index contributed by atoms with van der Waals surface area (Å²) in [7, 11) is 0. The molecule has 82 valence electrons. The molecular formula is C11H8ClFN2O. The van der Waals surface area contributed by atoms with Gasteiger partial charge in [0.25, 0.3) is 0 Å². The molecule has 0 radical (unpaired) electrons. The first-order valence-corrected chi connectivity index (χ1v) is 4.88. The van der Waals surface area contributed by atoms with Crippen LogP contribution < -0.4 is 10.5 Å². The van der Waals surface area contributed by atoms with Crippen molar-refractivity contribution in [3.63, 3.8) is 0 Å². The van der Waals surface area contributed by atoms with Crippen molar-refractivity contribution in [2.75, 3.05) is 5.73 Å². The predicted molar refractivity (Wildman–Crippen MR) is 60.1 cm³/mol. The summed E-state index contributed by atoms with van der Waals surface area (Å²) in [5.41, 5.74) is 6.02. The molecule has 16 heavy (non-hydrogen) atoms. The molecule has 2 rings (SSSR count). The second-order valence-electron chi connectivity index (χ2n) is 3.08. The van der Waals surface area contributed by atoms with Crippen LogP contribution in [0.25, 0.3) is 0 Å². The number of rotatable bonds is 2. The summed E-state index contributed by atoms with van der Waals surface area (Å²) in [5, 5.41) is 0.0429. The van der Waals surface area contributed by atoms with Gasteiger partial charge in [-0.1, -0.05) is 11.6 Å². The largest absolute Gasteiger partial charge is 0.437 e. The zero-order valence-electron chi connectivity index (χ0n) is 8.15. The number of aromatic nitrogens is 1. The Labute approximate surface area is 96.6 Å². The van der Waals surface area contributed by atoms with Gasteiger partial charge in [0.15, 0.2) is 0 Å². The molecule has 0 saturated heterocycles. The lowest BCUT2D eigenvalue weighted by molar-refractivity contribution is 0.460. The van der Waals surface area contributed by atoms with Crippen molar-refractivity contribution in [1.82, 2.24) is 4.98 Å². The van der Waals surface area contributed by atoms with Crippen LogP contribution >= 0.6 is 11.6 Å². The van der Waals surface area contributed by atoms with E-state index in [0.29, 0.717) is 11.4 Å². The van der Waals surface area contributed by atoms with E-state index in [9.17, 15) is 4.39 Å². The Balaban J connectivity index is 2.28. The molecule has 5 heteroatoms. The number of ether oxygens (including phenoxy) is 1. The highest BCUT2D eigenvalue weighted by molar-refractivity contribution is 6.30. The molecule has 0 unspecified atom stereocenters. The summed E-state index contributed by atoms with van der Waals surface area (Å²) < 4.78 is 18.4. The highest BCUT2D eigenvalue weighted by Gasteiger charge is 2.05. The zero-order chi connectivity index (χ0) is 11.5. The van der Waals surface area contributed by atoms with Gasteiger partial charge in [0.1, 0.15) is 11.6 Å². The maximum absolute atomic E-state index is 13.1. The number of pyridine rings is 1. The van der Waals surface area contributed by atoms with E-state index >= 15 is 0 Å². The van der Waals surface area contributed by atoms with Crippen LogP contribution in [0.2, 0.25) is 5.02 Å². The zero-order valence-corrected chi connectivity index (χ0v) is 8.91. The second-order valence-corrected chi connectivity index (χ2v) is 3.48. The molecule has 0 aliphatic heterocycles. The minimum atomic E-state index is -0.548. The lowest BCUT2D eigenvalue weighted by Crippen LogP contribution is -1.94. The summed E-state index contributed by atoms with van der Waals surface area (Å²) in [6, 6.07) is 7.46. The first kappa shape index (κ1) is 10.7. The third kappa shape index (κ3) is 2.23. The molecule has 3 nitrogen and oxygen atoms in total. The van der Waals surface area contributed by atoms with E-state index in [1.807, 2.05) is 0 Å². The first-order valence-electron chi connectivity index (χ1n) is 4.50. The lowest BCUT2D eigenvalue weighted by atomic mass is 10.3. The predicted octanol–water partition coefficient (Wildman–Crippen LogP) is 3.25.